The number of nitrogens with zero attached hydrogens (tertiary/aromatic N) is 2. The number of methoxy groups -OCH3 is 1. The third kappa shape index (κ3) is 2.74. The Morgan fingerprint density at radius 3 is 2.90 bits per heavy atom. The maximum atomic E-state index is 9.97. The molecule has 0 spiro atoms. The molecular weight excluding hydrogens is 256 g/mol. The van der Waals surface area contributed by atoms with Gasteiger partial charge in [0.15, 0.2) is 0 Å². The maximum absolute atomic E-state index is 9.97. The van der Waals surface area contributed by atoms with E-state index in [1.807, 2.05) is 0 Å². The minimum absolute atomic E-state index is 0.341. The summed E-state index contributed by atoms with van der Waals surface area (Å²) in [4.78, 5) is 4.50. The highest BCUT2D eigenvalue weighted by atomic mass is 16.5. The number of hydrogen-bond donors (Lipinski definition) is 1. The Labute approximate surface area is 119 Å². The number of hydrogen-bond acceptors (Lipinski definition) is 5. The van der Waals surface area contributed by atoms with Gasteiger partial charge in [-0.15, -0.1) is 0 Å². The molecule has 1 heterocycles. The zero-order valence-electron chi connectivity index (χ0n) is 12.3. The highest BCUT2D eigenvalue weighted by molar-refractivity contribution is 5.05. The number of ether oxygens (including phenoxy) is 1. The molecule has 2 fully saturated rings. The lowest BCUT2D eigenvalue weighted by Crippen LogP contribution is -2.35. The fourth-order valence-corrected chi connectivity index (χ4v) is 3.33. The van der Waals surface area contributed by atoms with Crippen molar-refractivity contribution in [3.05, 3.63) is 11.7 Å². The van der Waals surface area contributed by atoms with Crippen LogP contribution in [0.3, 0.4) is 0 Å². The molecule has 112 valence electrons. The molecule has 1 N–H and O–H groups in total. The van der Waals surface area contributed by atoms with E-state index in [1.54, 1.807) is 7.11 Å². The van der Waals surface area contributed by atoms with E-state index in [0.29, 0.717) is 30.0 Å². The molecule has 5 nitrogen and oxygen atoms in total. The second kappa shape index (κ2) is 5.45. The molecule has 1 aromatic rings. The lowest BCUT2D eigenvalue weighted by atomic mass is 9.78. The van der Waals surface area contributed by atoms with Crippen LogP contribution in [0.4, 0.5) is 0 Å². The van der Waals surface area contributed by atoms with Crippen molar-refractivity contribution >= 4 is 0 Å². The molecule has 0 aromatic carbocycles. The second-order valence-corrected chi connectivity index (χ2v) is 6.52. The van der Waals surface area contributed by atoms with Crippen molar-refractivity contribution < 1.29 is 14.4 Å². The molecule has 3 rings (SSSR count). The van der Waals surface area contributed by atoms with Gasteiger partial charge >= 0.3 is 0 Å². The van der Waals surface area contributed by atoms with Crippen LogP contribution in [0, 0.1) is 11.8 Å². The van der Waals surface area contributed by atoms with Gasteiger partial charge in [-0.1, -0.05) is 18.5 Å². The van der Waals surface area contributed by atoms with Gasteiger partial charge in [-0.2, -0.15) is 4.98 Å². The lowest BCUT2D eigenvalue weighted by Gasteiger charge is -2.36. The van der Waals surface area contributed by atoms with Crippen LogP contribution in [0.15, 0.2) is 4.52 Å². The van der Waals surface area contributed by atoms with Gasteiger partial charge in [0, 0.05) is 7.11 Å². The molecule has 0 saturated heterocycles. The fourth-order valence-electron chi connectivity index (χ4n) is 3.33. The van der Waals surface area contributed by atoms with Gasteiger partial charge in [0.2, 0.25) is 11.7 Å². The Morgan fingerprint density at radius 1 is 1.45 bits per heavy atom. The Bertz CT molecular complexity index is 458. The Morgan fingerprint density at radius 2 is 2.25 bits per heavy atom. The molecule has 0 amide bonds. The summed E-state index contributed by atoms with van der Waals surface area (Å²) in [7, 11) is 1.73. The van der Waals surface area contributed by atoms with Crippen LogP contribution in [0.25, 0.3) is 0 Å². The number of rotatable bonds is 5. The van der Waals surface area contributed by atoms with Gasteiger partial charge in [-0.05, 0) is 43.9 Å². The largest absolute Gasteiger partial charge is 0.392 e. The van der Waals surface area contributed by atoms with Crippen molar-refractivity contribution in [2.75, 3.05) is 7.11 Å². The Balaban J connectivity index is 1.73. The van der Waals surface area contributed by atoms with Crippen LogP contribution in [0.5, 0.6) is 0 Å². The molecule has 1 aromatic heterocycles. The highest BCUT2D eigenvalue weighted by Crippen LogP contribution is 2.41. The van der Waals surface area contributed by atoms with Crippen molar-refractivity contribution in [3.8, 4) is 0 Å². The summed E-state index contributed by atoms with van der Waals surface area (Å²) in [6.07, 6.45) is 6.59. The van der Waals surface area contributed by atoms with E-state index >= 15 is 0 Å². The summed E-state index contributed by atoms with van der Waals surface area (Å²) in [5.41, 5.74) is -0.399. The third-order valence-corrected chi connectivity index (χ3v) is 4.77. The van der Waals surface area contributed by atoms with Gasteiger partial charge in [0.1, 0.15) is 5.60 Å². The molecule has 0 radical (unpaired) electrons. The summed E-state index contributed by atoms with van der Waals surface area (Å²) >= 11 is 0. The second-order valence-electron chi connectivity index (χ2n) is 6.52. The Hall–Kier alpha value is -0.940. The molecule has 3 unspecified atom stereocenters. The van der Waals surface area contributed by atoms with E-state index < -0.39 is 5.60 Å². The summed E-state index contributed by atoms with van der Waals surface area (Å²) in [5, 5.41) is 14.1. The van der Waals surface area contributed by atoms with Crippen LogP contribution in [-0.4, -0.2) is 28.5 Å². The van der Waals surface area contributed by atoms with Crippen LogP contribution >= 0.6 is 0 Å². The van der Waals surface area contributed by atoms with Crippen molar-refractivity contribution in [3.63, 3.8) is 0 Å². The SMILES string of the molecule is COC1(c2noc(CC(O)C3CC3)n2)CCCC(C)C1. The first-order valence-corrected chi connectivity index (χ1v) is 7.69. The van der Waals surface area contributed by atoms with Gasteiger partial charge in [0.05, 0.1) is 12.5 Å². The summed E-state index contributed by atoms with van der Waals surface area (Å²) < 4.78 is 11.1. The van der Waals surface area contributed by atoms with E-state index in [-0.39, 0.29) is 6.10 Å². The van der Waals surface area contributed by atoms with Crippen molar-refractivity contribution in [1.29, 1.82) is 0 Å². The predicted molar refractivity (Wildman–Crippen MR) is 73.1 cm³/mol. The average molecular weight is 280 g/mol. The predicted octanol–water partition coefficient (Wildman–Crippen LogP) is 2.43. The van der Waals surface area contributed by atoms with Crippen LogP contribution in [0.2, 0.25) is 0 Å². The molecule has 0 aliphatic heterocycles. The quantitative estimate of drug-likeness (QED) is 0.897. The van der Waals surface area contributed by atoms with Gasteiger partial charge in [-0.25, -0.2) is 0 Å². The van der Waals surface area contributed by atoms with E-state index in [2.05, 4.69) is 17.1 Å². The topological polar surface area (TPSA) is 68.4 Å². The van der Waals surface area contributed by atoms with Crippen molar-refractivity contribution in [2.45, 2.75) is 63.6 Å². The molecule has 2 saturated carbocycles. The van der Waals surface area contributed by atoms with E-state index in [1.165, 1.54) is 6.42 Å². The minimum atomic E-state index is -0.399. The zero-order chi connectivity index (χ0) is 14.2. The number of aliphatic hydroxyl groups excluding tert-OH is 1. The van der Waals surface area contributed by atoms with Crippen molar-refractivity contribution in [1.82, 2.24) is 10.1 Å². The van der Waals surface area contributed by atoms with Gasteiger partial charge < -0.3 is 14.4 Å². The smallest absolute Gasteiger partial charge is 0.229 e. The molecule has 3 atom stereocenters. The van der Waals surface area contributed by atoms with E-state index in [4.69, 9.17) is 9.26 Å². The third-order valence-electron chi connectivity index (χ3n) is 4.77. The monoisotopic (exact) mass is 280 g/mol. The van der Waals surface area contributed by atoms with Gasteiger partial charge in [0.25, 0.3) is 0 Å². The average Bonchev–Trinajstić information content (AvgIpc) is 3.19. The highest BCUT2D eigenvalue weighted by Gasteiger charge is 2.41. The number of aromatic nitrogens is 2. The normalized spacial score (nSPS) is 32.2. The van der Waals surface area contributed by atoms with E-state index in [0.717, 1.165) is 32.1 Å². The molecule has 5 heteroatoms. The van der Waals surface area contributed by atoms with Crippen LogP contribution < -0.4 is 0 Å². The summed E-state index contributed by atoms with van der Waals surface area (Å²) in [6.45, 7) is 2.24. The lowest BCUT2D eigenvalue weighted by molar-refractivity contribution is -0.0658. The first kappa shape index (κ1) is 14.0. The molecule has 20 heavy (non-hydrogen) atoms. The standard InChI is InChI=1S/C15H24N2O3/c1-10-4-3-7-15(9-10,19-2)14-16-13(20-17-14)8-12(18)11-5-6-11/h10-12,18H,3-9H2,1-2H3. The van der Waals surface area contributed by atoms with Crippen LogP contribution in [0.1, 0.15) is 57.2 Å². The first-order valence-electron chi connectivity index (χ1n) is 7.69. The molecular formula is C15H24N2O3. The summed E-state index contributed by atoms with van der Waals surface area (Å²) in [5.74, 6) is 2.23. The molecule has 0 bridgehead atoms. The fraction of sp³-hybridized carbons (Fsp3) is 0.867. The van der Waals surface area contributed by atoms with Crippen molar-refractivity contribution in [2.24, 2.45) is 11.8 Å². The van der Waals surface area contributed by atoms with E-state index in [9.17, 15) is 5.11 Å². The minimum Gasteiger partial charge on any atom is -0.392 e. The van der Waals surface area contributed by atoms with Crippen LogP contribution in [-0.2, 0) is 16.8 Å². The number of aliphatic hydroxyl groups is 1. The molecule has 2 aliphatic rings. The van der Waals surface area contributed by atoms with Gasteiger partial charge in [-0.3, -0.25) is 0 Å². The molecule has 2 aliphatic carbocycles. The maximum Gasteiger partial charge on any atom is 0.229 e. The zero-order valence-corrected chi connectivity index (χ0v) is 12.3. The Kier molecular flexibility index (Phi) is 3.82. The summed E-state index contributed by atoms with van der Waals surface area (Å²) in [6, 6.07) is 0. The first-order chi connectivity index (χ1) is 9.63.